The number of aromatic nitrogens is 1. The van der Waals surface area contributed by atoms with Crippen LogP contribution in [-0.4, -0.2) is 10.9 Å². The van der Waals surface area contributed by atoms with E-state index in [4.69, 9.17) is 0 Å². The van der Waals surface area contributed by atoms with Gasteiger partial charge in [0.2, 0.25) is 0 Å². The Kier molecular flexibility index (Phi) is 3.60. The molecule has 0 saturated carbocycles. The fourth-order valence-corrected chi connectivity index (χ4v) is 2.34. The van der Waals surface area contributed by atoms with Gasteiger partial charge in [-0.3, -0.25) is 4.79 Å². The minimum atomic E-state index is -4.41. The van der Waals surface area contributed by atoms with Crippen LogP contribution in [0.25, 0.3) is 10.9 Å². The zero-order valence-corrected chi connectivity index (χ0v) is 12.2. The van der Waals surface area contributed by atoms with Crippen molar-refractivity contribution in [2.24, 2.45) is 0 Å². The number of anilines is 1. The Hall–Kier alpha value is -2.76. The van der Waals surface area contributed by atoms with Crippen LogP contribution >= 0.6 is 0 Å². The molecule has 0 unspecified atom stereocenters. The first-order chi connectivity index (χ1) is 10.8. The zero-order chi connectivity index (χ0) is 16.6. The van der Waals surface area contributed by atoms with E-state index in [9.17, 15) is 18.0 Å². The van der Waals surface area contributed by atoms with Crippen molar-refractivity contribution in [1.82, 2.24) is 4.98 Å². The number of fused-ring (bicyclic) bond motifs is 1. The third-order valence-electron chi connectivity index (χ3n) is 3.56. The fraction of sp³-hybridized carbons (Fsp3) is 0.118. The van der Waals surface area contributed by atoms with E-state index >= 15 is 0 Å². The van der Waals surface area contributed by atoms with E-state index in [0.29, 0.717) is 5.69 Å². The van der Waals surface area contributed by atoms with Crippen molar-refractivity contribution in [2.45, 2.75) is 13.1 Å². The Morgan fingerprint density at radius 2 is 1.78 bits per heavy atom. The number of nitrogens with one attached hydrogen (secondary N) is 2. The number of benzene rings is 2. The SMILES string of the molecule is Cc1ccc2[nH]cc(NC(=O)c3ccc(C(F)(F)F)cc3)c2c1. The maximum absolute atomic E-state index is 12.5. The summed E-state index contributed by atoms with van der Waals surface area (Å²) in [5.41, 5.74) is 1.89. The van der Waals surface area contributed by atoms with Crippen LogP contribution in [0.1, 0.15) is 21.5 Å². The first kappa shape index (κ1) is 15.1. The molecule has 0 aliphatic heterocycles. The van der Waals surface area contributed by atoms with Crippen LogP contribution in [-0.2, 0) is 6.18 Å². The Bertz CT molecular complexity index is 864. The Balaban J connectivity index is 1.84. The number of amides is 1. The lowest BCUT2D eigenvalue weighted by molar-refractivity contribution is -0.137. The van der Waals surface area contributed by atoms with Crippen LogP contribution in [0, 0.1) is 6.92 Å². The summed E-state index contributed by atoms with van der Waals surface area (Å²) in [6, 6.07) is 9.89. The monoisotopic (exact) mass is 318 g/mol. The average Bonchev–Trinajstić information content (AvgIpc) is 2.89. The molecule has 1 amide bonds. The van der Waals surface area contributed by atoms with Gasteiger partial charge in [0, 0.05) is 22.7 Å². The normalized spacial score (nSPS) is 11.7. The van der Waals surface area contributed by atoms with Crippen molar-refractivity contribution in [2.75, 3.05) is 5.32 Å². The van der Waals surface area contributed by atoms with Gasteiger partial charge in [-0.15, -0.1) is 0 Å². The number of carbonyl (C=O) groups is 1. The summed E-state index contributed by atoms with van der Waals surface area (Å²) in [7, 11) is 0. The molecule has 3 nitrogen and oxygen atoms in total. The van der Waals surface area contributed by atoms with Gasteiger partial charge in [-0.05, 0) is 43.3 Å². The van der Waals surface area contributed by atoms with Gasteiger partial charge in [-0.1, -0.05) is 11.6 Å². The maximum atomic E-state index is 12.5. The number of halogens is 3. The van der Waals surface area contributed by atoms with E-state index < -0.39 is 17.6 Å². The van der Waals surface area contributed by atoms with E-state index in [-0.39, 0.29) is 5.56 Å². The van der Waals surface area contributed by atoms with E-state index in [1.165, 1.54) is 0 Å². The highest BCUT2D eigenvalue weighted by Crippen LogP contribution is 2.29. The molecule has 2 N–H and O–H groups in total. The molecular formula is C17H13F3N2O. The molecule has 23 heavy (non-hydrogen) atoms. The molecule has 3 rings (SSSR count). The predicted octanol–water partition coefficient (Wildman–Crippen LogP) is 4.75. The third-order valence-corrected chi connectivity index (χ3v) is 3.56. The van der Waals surface area contributed by atoms with E-state index in [1.54, 1.807) is 6.20 Å². The van der Waals surface area contributed by atoms with Gasteiger partial charge in [0.25, 0.3) is 5.91 Å². The molecule has 1 aromatic heterocycles. The van der Waals surface area contributed by atoms with Crippen LogP contribution in [0.3, 0.4) is 0 Å². The van der Waals surface area contributed by atoms with Gasteiger partial charge in [0.05, 0.1) is 11.3 Å². The Morgan fingerprint density at radius 3 is 2.43 bits per heavy atom. The van der Waals surface area contributed by atoms with Gasteiger partial charge in [-0.2, -0.15) is 13.2 Å². The summed E-state index contributed by atoms with van der Waals surface area (Å²) in [4.78, 5) is 15.2. The summed E-state index contributed by atoms with van der Waals surface area (Å²) >= 11 is 0. The molecule has 0 saturated heterocycles. The van der Waals surface area contributed by atoms with Crippen molar-refractivity contribution in [3.8, 4) is 0 Å². The standard InChI is InChI=1S/C17H13F3N2O/c1-10-2-7-14-13(8-10)15(9-21-14)22-16(23)11-3-5-12(6-4-11)17(18,19)20/h2-9,21H,1H3,(H,22,23). The molecule has 0 spiro atoms. The summed E-state index contributed by atoms with van der Waals surface area (Å²) < 4.78 is 37.6. The summed E-state index contributed by atoms with van der Waals surface area (Å²) in [5.74, 6) is -0.457. The number of H-pyrrole nitrogens is 1. The van der Waals surface area contributed by atoms with E-state index in [0.717, 1.165) is 40.7 Å². The summed E-state index contributed by atoms with van der Waals surface area (Å²) in [5, 5.41) is 3.57. The van der Waals surface area contributed by atoms with Crippen molar-refractivity contribution >= 4 is 22.5 Å². The number of aryl methyl sites for hydroxylation is 1. The lowest BCUT2D eigenvalue weighted by Crippen LogP contribution is -2.12. The Morgan fingerprint density at radius 1 is 1.09 bits per heavy atom. The summed E-state index contributed by atoms with van der Waals surface area (Å²) in [6.07, 6.45) is -2.75. The molecule has 3 aromatic rings. The molecule has 0 bridgehead atoms. The van der Waals surface area contributed by atoms with Crippen molar-refractivity contribution in [3.05, 3.63) is 65.4 Å². The smallest absolute Gasteiger partial charge is 0.359 e. The highest BCUT2D eigenvalue weighted by Gasteiger charge is 2.30. The molecule has 2 aromatic carbocycles. The van der Waals surface area contributed by atoms with Gasteiger partial charge < -0.3 is 10.3 Å². The van der Waals surface area contributed by atoms with Crippen molar-refractivity contribution in [3.63, 3.8) is 0 Å². The zero-order valence-electron chi connectivity index (χ0n) is 12.2. The molecule has 118 valence electrons. The molecule has 0 aliphatic rings. The molecule has 1 heterocycles. The number of hydrogen-bond donors (Lipinski definition) is 2. The fourth-order valence-electron chi connectivity index (χ4n) is 2.34. The summed E-state index contributed by atoms with van der Waals surface area (Å²) in [6.45, 7) is 1.94. The minimum Gasteiger partial charge on any atom is -0.359 e. The first-order valence-electron chi connectivity index (χ1n) is 6.91. The number of carbonyl (C=O) groups excluding carboxylic acids is 1. The molecule has 0 radical (unpaired) electrons. The van der Waals surface area contributed by atoms with Gasteiger partial charge in [0.1, 0.15) is 0 Å². The maximum Gasteiger partial charge on any atom is 0.416 e. The van der Waals surface area contributed by atoms with Crippen molar-refractivity contribution in [1.29, 1.82) is 0 Å². The number of hydrogen-bond acceptors (Lipinski definition) is 1. The molecule has 0 aliphatic carbocycles. The number of alkyl halides is 3. The minimum absolute atomic E-state index is 0.167. The second kappa shape index (κ2) is 5.46. The lowest BCUT2D eigenvalue weighted by Gasteiger charge is -2.08. The van der Waals surface area contributed by atoms with Crippen LogP contribution in [0.5, 0.6) is 0 Å². The second-order valence-electron chi connectivity index (χ2n) is 5.28. The third kappa shape index (κ3) is 3.06. The van der Waals surface area contributed by atoms with Crippen LogP contribution in [0.2, 0.25) is 0 Å². The average molecular weight is 318 g/mol. The first-order valence-corrected chi connectivity index (χ1v) is 6.91. The quantitative estimate of drug-likeness (QED) is 0.704. The highest BCUT2D eigenvalue weighted by molar-refractivity contribution is 6.09. The van der Waals surface area contributed by atoms with Gasteiger partial charge in [0.15, 0.2) is 0 Å². The van der Waals surface area contributed by atoms with Gasteiger partial charge in [-0.25, -0.2) is 0 Å². The highest BCUT2D eigenvalue weighted by atomic mass is 19.4. The molecule has 0 atom stereocenters. The second-order valence-corrected chi connectivity index (χ2v) is 5.28. The number of rotatable bonds is 2. The molecule has 0 fully saturated rings. The van der Waals surface area contributed by atoms with E-state index in [1.807, 2.05) is 25.1 Å². The lowest BCUT2D eigenvalue weighted by atomic mass is 10.1. The van der Waals surface area contributed by atoms with Crippen molar-refractivity contribution < 1.29 is 18.0 Å². The topological polar surface area (TPSA) is 44.9 Å². The van der Waals surface area contributed by atoms with E-state index in [2.05, 4.69) is 10.3 Å². The van der Waals surface area contributed by atoms with Crippen LogP contribution in [0.15, 0.2) is 48.7 Å². The van der Waals surface area contributed by atoms with Crippen LogP contribution in [0.4, 0.5) is 18.9 Å². The Labute approximate surface area is 130 Å². The molecule has 6 heteroatoms. The predicted molar refractivity (Wildman–Crippen MR) is 82.4 cm³/mol. The van der Waals surface area contributed by atoms with Crippen LogP contribution < -0.4 is 5.32 Å². The molecular weight excluding hydrogens is 305 g/mol. The number of aromatic amines is 1. The largest absolute Gasteiger partial charge is 0.416 e. The van der Waals surface area contributed by atoms with Gasteiger partial charge >= 0.3 is 6.18 Å².